The third-order valence-corrected chi connectivity index (χ3v) is 7.21. The van der Waals surface area contributed by atoms with Gasteiger partial charge in [-0.15, -0.1) is 0 Å². The fourth-order valence-corrected chi connectivity index (χ4v) is 5.60. The molecule has 0 spiro atoms. The maximum atomic E-state index is 13.3. The summed E-state index contributed by atoms with van der Waals surface area (Å²) in [5.74, 6) is 0.437. The molecular formula is C23H28N4O2S2. The van der Waals surface area contributed by atoms with Gasteiger partial charge in [0.25, 0.3) is 11.5 Å². The molecule has 0 radical (unpaired) electrons. The molecular weight excluding hydrogens is 428 g/mol. The SMILES string of the molecule is CCCCCNc1nc2ccccn2c(=O)c1C=C1SC(=S)N(C2CCCCC2)C1=O. The molecule has 6 nitrogen and oxygen atoms in total. The normalized spacial score (nSPS) is 19.0. The summed E-state index contributed by atoms with van der Waals surface area (Å²) in [7, 11) is 0. The van der Waals surface area contributed by atoms with Crippen molar-refractivity contribution in [2.75, 3.05) is 11.9 Å². The zero-order chi connectivity index (χ0) is 21.8. The molecule has 2 fully saturated rings. The number of carbonyl (C=O) groups is 1. The van der Waals surface area contributed by atoms with Crippen molar-refractivity contribution in [2.45, 2.75) is 64.3 Å². The Morgan fingerprint density at radius 1 is 1.23 bits per heavy atom. The Bertz CT molecular complexity index is 1070. The lowest BCUT2D eigenvalue weighted by Crippen LogP contribution is -2.39. The maximum absolute atomic E-state index is 13.3. The van der Waals surface area contributed by atoms with Crippen LogP contribution >= 0.6 is 24.0 Å². The number of nitrogens with zero attached hydrogens (tertiary/aromatic N) is 3. The minimum absolute atomic E-state index is 0.0867. The molecule has 1 amide bonds. The number of carbonyl (C=O) groups excluding carboxylic acids is 1. The van der Waals surface area contributed by atoms with E-state index in [0.29, 0.717) is 26.3 Å². The number of pyridine rings is 1. The van der Waals surface area contributed by atoms with Gasteiger partial charge in [0.15, 0.2) is 0 Å². The second-order valence-electron chi connectivity index (χ2n) is 8.09. The van der Waals surface area contributed by atoms with Crippen LogP contribution in [-0.4, -0.2) is 37.1 Å². The summed E-state index contributed by atoms with van der Waals surface area (Å²) in [6, 6.07) is 5.65. The number of rotatable bonds is 7. The number of amides is 1. The Morgan fingerprint density at radius 2 is 2.03 bits per heavy atom. The van der Waals surface area contributed by atoms with Crippen molar-refractivity contribution >= 4 is 51.7 Å². The molecule has 1 saturated heterocycles. The first kappa shape index (κ1) is 22.0. The molecule has 0 unspecified atom stereocenters. The van der Waals surface area contributed by atoms with Gasteiger partial charge in [-0.05, 0) is 37.5 Å². The van der Waals surface area contributed by atoms with Crippen molar-refractivity contribution < 1.29 is 4.79 Å². The predicted molar refractivity (Wildman–Crippen MR) is 131 cm³/mol. The molecule has 2 aliphatic rings. The van der Waals surface area contributed by atoms with Gasteiger partial charge in [-0.2, -0.15) is 0 Å². The van der Waals surface area contributed by atoms with Gasteiger partial charge in [-0.25, -0.2) is 4.98 Å². The molecule has 0 bridgehead atoms. The van der Waals surface area contributed by atoms with Crippen molar-refractivity contribution in [1.29, 1.82) is 0 Å². The topological polar surface area (TPSA) is 66.7 Å². The first-order valence-electron chi connectivity index (χ1n) is 11.1. The van der Waals surface area contributed by atoms with E-state index in [1.165, 1.54) is 22.6 Å². The zero-order valence-corrected chi connectivity index (χ0v) is 19.4. The summed E-state index contributed by atoms with van der Waals surface area (Å²) < 4.78 is 2.11. The van der Waals surface area contributed by atoms with Gasteiger partial charge in [0, 0.05) is 18.8 Å². The molecule has 164 valence electrons. The fourth-order valence-electron chi connectivity index (χ4n) is 4.21. The summed E-state index contributed by atoms with van der Waals surface area (Å²) in [6.07, 6.45) is 12.1. The van der Waals surface area contributed by atoms with Crippen molar-refractivity contribution in [3.8, 4) is 0 Å². The van der Waals surface area contributed by atoms with E-state index in [9.17, 15) is 9.59 Å². The number of thioether (sulfide) groups is 1. The van der Waals surface area contributed by atoms with Gasteiger partial charge in [0.05, 0.1) is 10.5 Å². The van der Waals surface area contributed by atoms with Crippen LogP contribution in [0.2, 0.25) is 0 Å². The van der Waals surface area contributed by atoms with Crippen molar-refractivity contribution in [1.82, 2.24) is 14.3 Å². The van der Waals surface area contributed by atoms with Gasteiger partial charge >= 0.3 is 0 Å². The minimum Gasteiger partial charge on any atom is -0.369 e. The molecule has 1 saturated carbocycles. The molecule has 1 aliphatic carbocycles. The highest BCUT2D eigenvalue weighted by molar-refractivity contribution is 8.26. The first-order chi connectivity index (χ1) is 15.1. The highest BCUT2D eigenvalue weighted by atomic mass is 32.2. The van der Waals surface area contributed by atoms with Crippen LogP contribution in [0.3, 0.4) is 0 Å². The summed E-state index contributed by atoms with van der Waals surface area (Å²) >= 11 is 6.84. The van der Waals surface area contributed by atoms with Gasteiger partial charge in [-0.1, -0.05) is 69.1 Å². The van der Waals surface area contributed by atoms with Crippen LogP contribution in [0.1, 0.15) is 63.9 Å². The quantitative estimate of drug-likeness (QED) is 0.366. The lowest BCUT2D eigenvalue weighted by atomic mass is 9.94. The molecule has 0 atom stereocenters. The highest BCUT2D eigenvalue weighted by Gasteiger charge is 2.37. The highest BCUT2D eigenvalue weighted by Crippen LogP contribution is 2.37. The Morgan fingerprint density at radius 3 is 2.81 bits per heavy atom. The van der Waals surface area contributed by atoms with Crippen LogP contribution < -0.4 is 10.9 Å². The lowest BCUT2D eigenvalue weighted by Gasteiger charge is -2.29. The zero-order valence-electron chi connectivity index (χ0n) is 17.8. The third-order valence-electron chi connectivity index (χ3n) is 5.88. The second-order valence-corrected chi connectivity index (χ2v) is 9.76. The smallest absolute Gasteiger partial charge is 0.267 e. The Hall–Kier alpha value is -2.19. The summed E-state index contributed by atoms with van der Waals surface area (Å²) in [5.41, 5.74) is 0.799. The molecule has 3 heterocycles. The average Bonchev–Trinajstić information content (AvgIpc) is 3.07. The van der Waals surface area contributed by atoms with Gasteiger partial charge in [-0.3, -0.25) is 18.9 Å². The van der Waals surface area contributed by atoms with Crippen LogP contribution in [0.5, 0.6) is 0 Å². The van der Waals surface area contributed by atoms with Crippen molar-refractivity contribution in [2.24, 2.45) is 0 Å². The summed E-state index contributed by atoms with van der Waals surface area (Å²) in [4.78, 5) is 33.4. The average molecular weight is 457 g/mol. The number of hydrogen-bond donors (Lipinski definition) is 1. The van der Waals surface area contributed by atoms with Crippen molar-refractivity contribution in [3.63, 3.8) is 0 Å². The van der Waals surface area contributed by atoms with Crippen LogP contribution in [-0.2, 0) is 4.79 Å². The molecule has 1 N–H and O–H groups in total. The van der Waals surface area contributed by atoms with E-state index in [-0.39, 0.29) is 17.5 Å². The molecule has 8 heteroatoms. The Kier molecular flexibility index (Phi) is 7.07. The number of anilines is 1. The van der Waals surface area contributed by atoms with Gasteiger partial charge in [0.2, 0.25) is 0 Å². The molecule has 4 rings (SSSR count). The van der Waals surface area contributed by atoms with E-state index >= 15 is 0 Å². The second kappa shape index (κ2) is 9.96. The minimum atomic E-state index is -0.188. The van der Waals surface area contributed by atoms with Crippen LogP contribution in [0.15, 0.2) is 34.1 Å². The third kappa shape index (κ3) is 4.70. The maximum Gasteiger partial charge on any atom is 0.267 e. The number of fused-ring (bicyclic) bond motifs is 1. The van der Waals surface area contributed by atoms with E-state index in [4.69, 9.17) is 12.2 Å². The molecule has 2 aromatic rings. The number of thiocarbonyl (C=S) groups is 1. The van der Waals surface area contributed by atoms with Gasteiger partial charge < -0.3 is 5.32 Å². The summed E-state index contributed by atoms with van der Waals surface area (Å²) in [6.45, 7) is 2.88. The molecule has 2 aromatic heterocycles. The standard InChI is InChI=1S/C23H28N4O2S2/c1-2-3-8-13-24-20-17(21(28)26-14-9-7-12-19(26)25-20)15-18-22(29)27(23(30)31-18)16-10-5-4-6-11-16/h7,9,12,14-16,24H,2-6,8,10-11,13H2,1H3. The van der Waals surface area contributed by atoms with E-state index in [0.717, 1.165) is 51.5 Å². The molecule has 0 aromatic carbocycles. The van der Waals surface area contributed by atoms with Gasteiger partial charge in [0.1, 0.15) is 15.8 Å². The van der Waals surface area contributed by atoms with E-state index < -0.39 is 0 Å². The van der Waals surface area contributed by atoms with Crippen LogP contribution in [0.4, 0.5) is 5.82 Å². The number of hydrogen-bond acceptors (Lipinski definition) is 6. The predicted octanol–water partition coefficient (Wildman–Crippen LogP) is 4.83. The first-order valence-corrected chi connectivity index (χ1v) is 12.3. The Labute approximate surface area is 192 Å². The molecule has 1 aliphatic heterocycles. The number of nitrogens with one attached hydrogen (secondary N) is 1. The number of unbranched alkanes of at least 4 members (excludes halogenated alkanes) is 2. The Balaban J connectivity index is 1.69. The van der Waals surface area contributed by atoms with Crippen molar-refractivity contribution in [3.05, 3.63) is 45.2 Å². The summed E-state index contributed by atoms with van der Waals surface area (Å²) in [5, 5.41) is 3.32. The largest absolute Gasteiger partial charge is 0.369 e. The van der Waals surface area contributed by atoms with Crippen LogP contribution in [0.25, 0.3) is 11.7 Å². The fraction of sp³-hybridized carbons (Fsp3) is 0.478. The van der Waals surface area contributed by atoms with E-state index in [1.54, 1.807) is 23.2 Å². The van der Waals surface area contributed by atoms with Crippen LogP contribution in [0, 0.1) is 0 Å². The van der Waals surface area contributed by atoms with E-state index in [1.807, 2.05) is 12.1 Å². The number of aromatic nitrogens is 2. The molecule has 31 heavy (non-hydrogen) atoms. The lowest BCUT2D eigenvalue weighted by molar-refractivity contribution is -0.124. The van der Waals surface area contributed by atoms with E-state index in [2.05, 4.69) is 17.2 Å². The monoisotopic (exact) mass is 456 g/mol.